The minimum absolute atomic E-state index is 0.0581. The number of piperidine rings is 1. The smallest absolute Gasteiger partial charge is 0.253 e. The Labute approximate surface area is 127 Å². The lowest BCUT2D eigenvalue weighted by atomic mass is 10.0. The van der Waals surface area contributed by atoms with E-state index in [0.717, 1.165) is 18.5 Å². The van der Waals surface area contributed by atoms with Crippen molar-refractivity contribution in [3.63, 3.8) is 0 Å². The Hall–Kier alpha value is -1.55. The van der Waals surface area contributed by atoms with E-state index in [-0.39, 0.29) is 5.91 Å². The van der Waals surface area contributed by atoms with Gasteiger partial charge in [-0.05, 0) is 51.3 Å². The van der Waals surface area contributed by atoms with Crippen LogP contribution in [0.15, 0.2) is 18.2 Å². The highest BCUT2D eigenvalue weighted by Gasteiger charge is 2.17. The van der Waals surface area contributed by atoms with Gasteiger partial charge < -0.3 is 16.0 Å². The van der Waals surface area contributed by atoms with Crippen LogP contribution in [0.25, 0.3) is 0 Å². The first-order valence-electron chi connectivity index (χ1n) is 7.97. The molecule has 0 aromatic heterocycles. The van der Waals surface area contributed by atoms with Gasteiger partial charge in [0.05, 0.1) is 5.56 Å². The molecule has 4 heteroatoms. The summed E-state index contributed by atoms with van der Waals surface area (Å²) in [6.45, 7) is 7.17. The summed E-state index contributed by atoms with van der Waals surface area (Å²) in [5.41, 5.74) is 7.99. The van der Waals surface area contributed by atoms with Crippen LogP contribution in [0.3, 0.4) is 0 Å². The molecule has 116 valence electrons. The van der Waals surface area contributed by atoms with Crippen LogP contribution in [-0.4, -0.2) is 36.5 Å². The van der Waals surface area contributed by atoms with Crippen molar-refractivity contribution in [2.24, 2.45) is 0 Å². The van der Waals surface area contributed by atoms with E-state index in [4.69, 9.17) is 5.73 Å². The average molecular weight is 289 g/mol. The van der Waals surface area contributed by atoms with Gasteiger partial charge in [-0.3, -0.25) is 4.79 Å². The molecule has 0 spiro atoms. The van der Waals surface area contributed by atoms with Gasteiger partial charge in [0.15, 0.2) is 0 Å². The maximum absolute atomic E-state index is 12.2. The molecular formula is C17H27N3O. The molecule has 1 heterocycles. The highest BCUT2D eigenvalue weighted by atomic mass is 16.1. The number of amides is 1. The Balaban J connectivity index is 1.77. The van der Waals surface area contributed by atoms with Gasteiger partial charge in [0.2, 0.25) is 0 Å². The van der Waals surface area contributed by atoms with Gasteiger partial charge in [0, 0.05) is 24.8 Å². The fourth-order valence-electron chi connectivity index (χ4n) is 3.06. The van der Waals surface area contributed by atoms with Crippen LogP contribution >= 0.6 is 0 Å². The van der Waals surface area contributed by atoms with Crippen molar-refractivity contribution in [2.45, 2.75) is 45.6 Å². The summed E-state index contributed by atoms with van der Waals surface area (Å²) in [6, 6.07) is 6.25. The van der Waals surface area contributed by atoms with Gasteiger partial charge in [0.1, 0.15) is 0 Å². The third kappa shape index (κ3) is 4.21. The number of benzene rings is 1. The van der Waals surface area contributed by atoms with Gasteiger partial charge in [-0.15, -0.1) is 0 Å². The molecule has 1 atom stereocenters. The lowest BCUT2D eigenvalue weighted by Crippen LogP contribution is -2.39. The van der Waals surface area contributed by atoms with Crippen LogP contribution in [-0.2, 0) is 0 Å². The fourth-order valence-corrected chi connectivity index (χ4v) is 3.06. The van der Waals surface area contributed by atoms with Gasteiger partial charge in [-0.25, -0.2) is 0 Å². The molecule has 0 aliphatic carbocycles. The number of nitrogens with two attached hydrogens (primary N) is 1. The third-order valence-electron chi connectivity index (χ3n) is 4.38. The van der Waals surface area contributed by atoms with Crippen molar-refractivity contribution in [3.8, 4) is 0 Å². The molecule has 3 N–H and O–H groups in total. The molecule has 0 saturated carbocycles. The highest BCUT2D eigenvalue weighted by Crippen LogP contribution is 2.17. The molecule has 1 amide bonds. The number of hydrogen-bond acceptors (Lipinski definition) is 3. The number of hydrogen-bond donors (Lipinski definition) is 2. The summed E-state index contributed by atoms with van der Waals surface area (Å²) in [5, 5.41) is 2.99. The normalized spacial score (nSPS) is 19.4. The number of rotatable bonds is 5. The zero-order valence-corrected chi connectivity index (χ0v) is 13.2. The SMILES string of the molecule is Cc1cccc(N)c1C(=O)NCCCN1CCCCC1C. The van der Waals surface area contributed by atoms with E-state index in [1.165, 1.54) is 25.8 Å². The minimum atomic E-state index is -0.0581. The topological polar surface area (TPSA) is 58.4 Å². The van der Waals surface area contributed by atoms with Crippen molar-refractivity contribution in [2.75, 3.05) is 25.4 Å². The molecule has 2 rings (SSSR count). The van der Waals surface area contributed by atoms with E-state index in [0.29, 0.717) is 23.8 Å². The second-order valence-corrected chi connectivity index (χ2v) is 6.03. The molecule has 1 aliphatic rings. The Kier molecular flexibility index (Phi) is 5.62. The molecule has 1 fully saturated rings. The van der Waals surface area contributed by atoms with Crippen molar-refractivity contribution >= 4 is 11.6 Å². The number of likely N-dealkylation sites (tertiary alicyclic amines) is 1. The predicted molar refractivity (Wildman–Crippen MR) is 87.4 cm³/mol. The first-order valence-corrected chi connectivity index (χ1v) is 7.97. The second-order valence-electron chi connectivity index (χ2n) is 6.03. The number of carbonyl (C=O) groups excluding carboxylic acids is 1. The lowest BCUT2D eigenvalue weighted by Gasteiger charge is -2.33. The quantitative estimate of drug-likeness (QED) is 0.647. The third-order valence-corrected chi connectivity index (χ3v) is 4.38. The largest absolute Gasteiger partial charge is 0.398 e. The molecule has 21 heavy (non-hydrogen) atoms. The number of nitrogens with one attached hydrogen (secondary N) is 1. The molecule has 1 aromatic rings. The van der Waals surface area contributed by atoms with E-state index in [1.54, 1.807) is 6.07 Å². The number of anilines is 1. The minimum Gasteiger partial charge on any atom is -0.398 e. The van der Waals surface area contributed by atoms with Crippen molar-refractivity contribution in [1.29, 1.82) is 0 Å². The summed E-state index contributed by atoms with van der Waals surface area (Å²) in [7, 11) is 0. The van der Waals surface area contributed by atoms with E-state index in [1.807, 2.05) is 19.1 Å². The van der Waals surface area contributed by atoms with Crippen molar-refractivity contribution < 1.29 is 4.79 Å². The van der Waals surface area contributed by atoms with Gasteiger partial charge in [-0.2, -0.15) is 0 Å². The highest BCUT2D eigenvalue weighted by molar-refractivity contribution is 6.00. The number of carbonyl (C=O) groups is 1. The predicted octanol–water partition coefficient (Wildman–Crippen LogP) is 2.57. The zero-order chi connectivity index (χ0) is 15.2. The molecule has 1 unspecified atom stereocenters. The number of aryl methyl sites for hydroxylation is 1. The molecule has 1 aliphatic heterocycles. The van der Waals surface area contributed by atoms with E-state index in [2.05, 4.69) is 17.1 Å². The summed E-state index contributed by atoms with van der Waals surface area (Å²) < 4.78 is 0. The van der Waals surface area contributed by atoms with E-state index >= 15 is 0 Å². The van der Waals surface area contributed by atoms with Crippen molar-refractivity contribution in [1.82, 2.24) is 10.2 Å². The summed E-state index contributed by atoms with van der Waals surface area (Å²) >= 11 is 0. The number of nitrogens with zero attached hydrogens (tertiary/aromatic N) is 1. The fraction of sp³-hybridized carbons (Fsp3) is 0.588. The maximum Gasteiger partial charge on any atom is 0.253 e. The molecular weight excluding hydrogens is 262 g/mol. The molecule has 0 radical (unpaired) electrons. The Bertz CT molecular complexity index is 467. The first-order chi connectivity index (χ1) is 10.1. The monoisotopic (exact) mass is 289 g/mol. The maximum atomic E-state index is 12.2. The summed E-state index contributed by atoms with van der Waals surface area (Å²) in [5.74, 6) is -0.0581. The standard InChI is InChI=1S/C17H27N3O/c1-13-7-5-9-15(18)16(13)17(21)19-10-6-12-20-11-4-3-8-14(20)2/h5,7,9,14H,3-4,6,8,10-12,18H2,1-2H3,(H,19,21). The van der Waals surface area contributed by atoms with Crippen molar-refractivity contribution in [3.05, 3.63) is 29.3 Å². The van der Waals surface area contributed by atoms with Crippen LogP contribution in [0.2, 0.25) is 0 Å². The molecule has 1 aromatic carbocycles. The van der Waals surface area contributed by atoms with Gasteiger partial charge in [0.25, 0.3) is 5.91 Å². The number of nitrogen functional groups attached to an aromatic ring is 1. The van der Waals surface area contributed by atoms with E-state index in [9.17, 15) is 4.79 Å². The Morgan fingerprint density at radius 3 is 2.95 bits per heavy atom. The van der Waals surface area contributed by atoms with Gasteiger partial charge in [-0.1, -0.05) is 18.6 Å². The Morgan fingerprint density at radius 1 is 1.43 bits per heavy atom. The van der Waals surface area contributed by atoms with Crippen LogP contribution in [0.5, 0.6) is 0 Å². The second kappa shape index (κ2) is 7.46. The zero-order valence-electron chi connectivity index (χ0n) is 13.2. The molecule has 4 nitrogen and oxygen atoms in total. The van der Waals surface area contributed by atoms with Crippen LogP contribution in [0.4, 0.5) is 5.69 Å². The Morgan fingerprint density at radius 2 is 2.24 bits per heavy atom. The first kappa shape index (κ1) is 15.8. The lowest BCUT2D eigenvalue weighted by molar-refractivity contribution is 0.0949. The summed E-state index contributed by atoms with van der Waals surface area (Å²) in [4.78, 5) is 14.7. The average Bonchev–Trinajstić information content (AvgIpc) is 2.45. The van der Waals surface area contributed by atoms with E-state index < -0.39 is 0 Å². The van der Waals surface area contributed by atoms with Crippen LogP contribution < -0.4 is 11.1 Å². The van der Waals surface area contributed by atoms with Crippen LogP contribution in [0, 0.1) is 6.92 Å². The summed E-state index contributed by atoms with van der Waals surface area (Å²) in [6.07, 6.45) is 4.94. The van der Waals surface area contributed by atoms with Crippen LogP contribution in [0.1, 0.15) is 48.5 Å². The van der Waals surface area contributed by atoms with Gasteiger partial charge >= 0.3 is 0 Å². The molecule has 1 saturated heterocycles. The molecule has 0 bridgehead atoms.